The number of aromatic nitrogens is 2. The second kappa shape index (κ2) is 7.16. The van der Waals surface area contributed by atoms with E-state index in [9.17, 15) is 4.79 Å². The lowest BCUT2D eigenvalue weighted by Gasteiger charge is -2.19. The van der Waals surface area contributed by atoms with E-state index in [1.54, 1.807) is 6.20 Å². The van der Waals surface area contributed by atoms with Crippen molar-refractivity contribution in [3.8, 4) is 0 Å². The van der Waals surface area contributed by atoms with E-state index >= 15 is 0 Å². The molecule has 1 atom stereocenters. The Morgan fingerprint density at radius 3 is 2.67 bits per heavy atom. The van der Waals surface area contributed by atoms with Crippen molar-refractivity contribution >= 4 is 5.91 Å². The summed E-state index contributed by atoms with van der Waals surface area (Å²) in [5.41, 5.74) is 1.13. The van der Waals surface area contributed by atoms with Gasteiger partial charge in [-0.05, 0) is 26.8 Å². The van der Waals surface area contributed by atoms with Crippen LogP contribution in [0.3, 0.4) is 0 Å². The fraction of sp³-hybridized carbons (Fsp3) is 0.692. The van der Waals surface area contributed by atoms with Crippen molar-refractivity contribution in [2.24, 2.45) is 7.05 Å². The molecule has 0 bridgehead atoms. The maximum Gasteiger partial charge on any atom is 0.223 e. The summed E-state index contributed by atoms with van der Waals surface area (Å²) in [4.78, 5) is 13.7. The van der Waals surface area contributed by atoms with Crippen LogP contribution in [0.25, 0.3) is 0 Å². The van der Waals surface area contributed by atoms with E-state index in [1.165, 1.54) is 0 Å². The Hall–Kier alpha value is -1.36. The van der Waals surface area contributed by atoms with Crippen molar-refractivity contribution < 1.29 is 4.79 Å². The van der Waals surface area contributed by atoms with Gasteiger partial charge < -0.3 is 10.2 Å². The summed E-state index contributed by atoms with van der Waals surface area (Å²) in [6, 6.07) is 2.20. The normalized spacial score (nSPS) is 12.4. The van der Waals surface area contributed by atoms with E-state index in [4.69, 9.17) is 0 Å². The van der Waals surface area contributed by atoms with E-state index in [1.807, 2.05) is 36.5 Å². The molecule has 0 spiro atoms. The van der Waals surface area contributed by atoms with E-state index in [-0.39, 0.29) is 11.9 Å². The highest BCUT2D eigenvalue weighted by Gasteiger charge is 2.11. The molecule has 1 amide bonds. The molecule has 1 aromatic heterocycles. The first-order valence-corrected chi connectivity index (χ1v) is 6.59. The van der Waals surface area contributed by atoms with Gasteiger partial charge in [-0.15, -0.1) is 0 Å². The van der Waals surface area contributed by atoms with Gasteiger partial charge in [-0.25, -0.2) is 0 Å². The number of rotatable bonds is 7. The van der Waals surface area contributed by atoms with Crippen LogP contribution in [-0.4, -0.2) is 40.2 Å². The maximum atomic E-state index is 11.8. The Kier molecular flexibility index (Phi) is 5.85. The van der Waals surface area contributed by atoms with Crippen molar-refractivity contribution in [3.05, 3.63) is 18.0 Å². The molecule has 1 heterocycles. The topological polar surface area (TPSA) is 50.2 Å². The smallest absolute Gasteiger partial charge is 0.223 e. The van der Waals surface area contributed by atoms with Crippen LogP contribution in [0.4, 0.5) is 0 Å². The molecule has 0 saturated heterocycles. The summed E-state index contributed by atoms with van der Waals surface area (Å²) in [7, 11) is 1.93. The fourth-order valence-electron chi connectivity index (χ4n) is 2.04. The Morgan fingerprint density at radius 2 is 2.17 bits per heavy atom. The molecule has 0 aromatic carbocycles. The largest absolute Gasteiger partial charge is 0.343 e. The van der Waals surface area contributed by atoms with Gasteiger partial charge in [0.1, 0.15) is 0 Å². The quantitative estimate of drug-likeness (QED) is 0.796. The van der Waals surface area contributed by atoms with Gasteiger partial charge in [0.15, 0.2) is 0 Å². The molecule has 1 rings (SSSR count). The molecule has 0 radical (unpaired) electrons. The van der Waals surface area contributed by atoms with Crippen molar-refractivity contribution in [1.29, 1.82) is 0 Å². The van der Waals surface area contributed by atoms with Gasteiger partial charge in [0, 0.05) is 45.3 Å². The van der Waals surface area contributed by atoms with Gasteiger partial charge in [-0.2, -0.15) is 5.10 Å². The summed E-state index contributed by atoms with van der Waals surface area (Å²) in [6.45, 7) is 8.36. The Morgan fingerprint density at radius 1 is 1.50 bits per heavy atom. The zero-order valence-corrected chi connectivity index (χ0v) is 11.8. The van der Waals surface area contributed by atoms with Crippen LogP contribution in [0.2, 0.25) is 0 Å². The maximum absolute atomic E-state index is 11.8. The monoisotopic (exact) mass is 252 g/mol. The third-order valence-electron chi connectivity index (χ3n) is 3.21. The van der Waals surface area contributed by atoms with E-state index in [0.717, 1.165) is 18.8 Å². The SMILES string of the molecule is CCN(CC)C(=O)CCNC(C)c1ccnn1C. The number of hydrogen-bond donors (Lipinski definition) is 1. The molecule has 5 heteroatoms. The van der Waals surface area contributed by atoms with Gasteiger partial charge in [0.2, 0.25) is 5.91 Å². The zero-order chi connectivity index (χ0) is 13.5. The molecule has 1 unspecified atom stereocenters. The highest BCUT2D eigenvalue weighted by molar-refractivity contribution is 5.76. The minimum absolute atomic E-state index is 0.210. The van der Waals surface area contributed by atoms with Crippen LogP contribution in [-0.2, 0) is 11.8 Å². The van der Waals surface area contributed by atoms with E-state index in [2.05, 4.69) is 17.3 Å². The summed E-state index contributed by atoms with van der Waals surface area (Å²) < 4.78 is 1.85. The van der Waals surface area contributed by atoms with Crippen molar-refractivity contribution in [1.82, 2.24) is 20.0 Å². The predicted molar refractivity (Wildman–Crippen MR) is 72.2 cm³/mol. The zero-order valence-electron chi connectivity index (χ0n) is 11.8. The number of hydrogen-bond acceptors (Lipinski definition) is 3. The minimum atomic E-state index is 0.210. The molecule has 0 saturated carbocycles. The summed E-state index contributed by atoms with van der Waals surface area (Å²) in [5, 5.41) is 7.49. The Bertz CT molecular complexity index is 371. The molecule has 1 N–H and O–H groups in total. The number of amides is 1. The van der Waals surface area contributed by atoms with Gasteiger partial charge in [0.05, 0.1) is 5.69 Å². The first-order valence-electron chi connectivity index (χ1n) is 6.59. The van der Waals surface area contributed by atoms with Crippen LogP contribution in [0.5, 0.6) is 0 Å². The highest BCUT2D eigenvalue weighted by atomic mass is 16.2. The highest BCUT2D eigenvalue weighted by Crippen LogP contribution is 2.09. The van der Waals surface area contributed by atoms with E-state index in [0.29, 0.717) is 13.0 Å². The van der Waals surface area contributed by atoms with Gasteiger partial charge in [-0.1, -0.05) is 0 Å². The summed E-state index contributed by atoms with van der Waals surface area (Å²) >= 11 is 0. The summed E-state index contributed by atoms with van der Waals surface area (Å²) in [6.07, 6.45) is 2.33. The van der Waals surface area contributed by atoms with E-state index < -0.39 is 0 Å². The second-order valence-electron chi connectivity index (χ2n) is 4.37. The van der Waals surface area contributed by atoms with Crippen LogP contribution < -0.4 is 5.32 Å². The van der Waals surface area contributed by atoms with Crippen molar-refractivity contribution in [3.63, 3.8) is 0 Å². The lowest BCUT2D eigenvalue weighted by atomic mass is 10.2. The Balaban J connectivity index is 2.34. The molecular formula is C13H24N4O. The number of carbonyl (C=O) groups excluding carboxylic acids is 1. The van der Waals surface area contributed by atoms with Gasteiger partial charge >= 0.3 is 0 Å². The molecule has 18 heavy (non-hydrogen) atoms. The molecule has 5 nitrogen and oxygen atoms in total. The number of carbonyl (C=O) groups is 1. The molecule has 1 aromatic rings. The molecule has 0 aliphatic carbocycles. The van der Waals surface area contributed by atoms with Crippen molar-refractivity contribution in [2.75, 3.05) is 19.6 Å². The Labute approximate surface area is 109 Å². The first-order chi connectivity index (χ1) is 8.60. The number of nitrogens with zero attached hydrogens (tertiary/aromatic N) is 3. The standard InChI is InChI=1S/C13H24N4O/c1-5-17(6-2)13(18)8-9-14-11(3)12-7-10-15-16(12)4/h7,10-11,14H,5-6,8-9H2,1-4H3. The third-order valence-corrected chi connectivity index (χ3v) is 3.21. The minimum Gasteiger partial charge on any atom is -0.343 e. The molecule has 102 valence electrons. The predicted octanol–water partition coefficient (Wildman–Crippen LogP) is 1.33. The third kappa shape index (κ3) is 3.84. The first kappa shape index (κ1) is 14.7. The van der Waals surface area contributed by atoms with Gasteiger partial charge in [0.25, 0.3) is 0 Å². The van der Waals surface area contributed by atoms with Crippen LogP contribution >= 0.6 is 0 Å². The second-order valence-corrected chi connectivity index (χ2v) is 4.37. The number of nitrogens with one attached hydrogen (secondary N) is 1. The fourth-order valence-corrected chi connectivity index (χ4v) is 2.04. The van der Waals surface area contributed by atoms with Gasteiger partial charge in [-0.3, -0.25) is 9.48 Å². The van der Waals surface area contributed by atoms with Crippen LogP contribution in [0, 0.1) is 0 Å². The number of aryl methyl sites for hydroxylation is 1. The lowest BCUT2D eigenvalue weighted by Crippen LogP contribution is -2.33. The van der Waals surface area contributed by atoms with Crippen molar-refractivity contribution in [2.45, 2.75) is 33.2 Å². The molecule has 0 aliphatic heterocycles. The molecule has 0 fully saturated rings. The average molecular weight is 252 g/mol. The summed E-state index contributed by atoms with van der Waals surface area (Å²) in [5.74, 6) is 0.213. The van der Waals surface area contributed by atoms with Crippen LogP contribution in [0.15, 0.2) is 12.3 Å². The molecular weight excluding hydrogens is 228 g/mol. The van der Waals surface area contributed by atoms with Crippen LogP contribution in [0.1, 0.15) is 38.9 Å². The lowest BCUT2D eigenvalue weighted by molar-refractivity contribution is -0.130. The molecule has 0 aliphatic rings. The average Bonchev–Trinajstić information content (AvgIpc) is 2.77.